The lowest BCUT2D eigenvalue weighted by Crippen LogP contribution is -2.61. The van der Waals surface area contributed by atoms with E-state index in [4.69, 9.17) is 0 Å². The van der Waals surface area contributed by atoms with Crippen LogP contribution in [0.4, 0.5) is 0 Å². The Bertz CT molecular complexity index is 1650. The first kappa shape index (κ1) is 41.5. The van der Waals surface area contributed by atoms with E-state index < -0.39 is 77.4 Å². The lowest BCUT2D eigenvalue weighted by molar-refractivity contribution is -0.147. The summed E-state index contributed by atoms with van der Waals surface area (Å²) in [5.74, 6) is -6.34. The first-order valence-corrected chi connectivity index (χ1v) is 18.8. The molecule has 0 spiro atoms. The number of Topliss-reactive ketones (excluding diaryl/α,β-unsaturated/α-hetero) is 1. The van der Waals surface area contributed by atoms with Crippen molar-refractivity contribution in [3.8, 4) is 0 Å². The number of aliphatic carboxylic acids is 1. The first-order chi connectivity index (χ1) is 25.7. The van der Waals surface area contributed by atoms with Crippen LogP contribution < -0.4 is 21.3 Å². The number of carboxylic acid groups (broad SMARTS) is 1. The molecule has 5 amide bonds. The highest BCUT2D eigenvalue weighted by atomic mass is 16.4. The summed E-state index contributed by atoms with van der Waals surface area (Å²) in [5, 5.41) is 20.4. The molecule has 0 bridgehead atoms. The van der Waals surface area contributed by atoms with E-state index >= 15 is 0 Å². The number of aromatic nitrogens is 2. The number of hydrogen-bond acceptors (Lipinski definition) is 9. The van der Waals surface area contributed by atoms with Crippen molar-refractivity contribution in [1.82, 2.24) is 36.1 Å². The summed E-state index contributed by atoms with van der Waals surface area (Å²) in [6.07, 6.45) is 8.19. The van der Waals surface area contributed by atoms with Crippen LogP contribution in [0.5, 0.6) is 0 Å². The van der Waals surface area contributed by atoms with Crippen LogP contribution in [0.1, 0.15) is 95.6 Å². The minimum absolute atomic E-state index is 0.0228. The molecule has 1 aliphatic heterocycles. The van der Waals surface area contributed by atoms with Crippen molar-refractivity contribution in [2.75, 3.05) is 0 Å². The lowest BCUT2D eigenvalue weighted by atomic mass is 9.84. The molecule has 1 aromatic carbocycles. The van der Waals surface area contributed by atoms with Crippen LogP contribution in [-0.4, -0.2) is 97.5 Å². The van der Waals surface area contributed by atoms with Gasteiger partial charge in [-0.3, -0.25) is 33.8 Å². The largest absolute Gasteiger partial charge is 0.480 e. The van der Waals surface area contributed by atoms with Crippen molar-refractivity contribution in [2.24, 2.45) is 17.8 Å². The quantitative estimate of drug-likeness (QED) is 0.149. The van der Waals surface area contributed by atoms with Gasteiger partial charge in [0.2, 0.25) is 23.5 Å². The molecule has 7 atom stereocenters. The zero-order valence-corrected chi connectivity index (χ0v) is 31.6. The molecular formula is C39H53N7O8. The molecule has 4 rings (SSSR count). The predicted octanol–water partition coefficient (Wildman–Crippen LogP) is 2.20. The van der Waals surface area contributed by atoms with E-state index in [9.17, 15) is 38.7 Å². The molecule has 5 N–H and O–H groups in total. The molecule has 0 radical (unpaired) electrons. The number of carbonyl (C=O) groups excluding carboxylic acids is 6. The number of carboxylic acids is 1. The van der Waals surface area contributed by atoms with E-state index in [2.05, 4.69) is 31.2 Å². The fourth-order valence-electron chi connectivity index (χ4n) is 7.36. The van der Waals surface area contributed by atoms with Crippen molar-refractivity contribution < 1.29 is 38.7 Å². The Morgan fingerprint density at radius 3 is 2.15 bits per heavy atom. The second kappa shape index (κ2) is 19.2. The third-order valence-corrected chi connectivity index (χ3v) is 10.2. The maximum Gasteiger partial charge on any atom is 0.326 e. The van der Waals surface area contributed by atoms with Gasteiger partial charge in [-0.15, -0.1) is 0 Å². The molecule has 2 fully saturated rings. The molecule has 292 valence electrons. The molecule has 15 heteroatoms. The topological polar surface area (TPSA) is 217 Å². The summed E-state index contributed by atoms with van der Waals surface area (Å²) in [6, 6.07) is 2.78. The average Bonchev–Trinajstić information content (AvgIpc) is 3.55. The number of ketones is 1. The third-order valence-electron chi connectivity index (χ3n) is 10.2. The van der Waals surface area contributed by atoms with Gasteiger partial charge in [0.05, 0.1) is 12.2 Å². The van der Waals surface area contributed by atoms with Crippen molar-refractivity contribution in [3.05, 3.63) is 60.2 Å². The summed E-state index contributed by atoms with van der Waals surface area (Å²) >= 11 is 0. The fourth-order valence-corrected chi connectivity index (χ4v) is 7.36. The normalized spacial score (nSPS) is 20.2. The zero-order chi connectivity index (χ0) is 39.5. The fraction of sp³-hybridized carbons (Fsp3) is 0.564. The predicted molar refractivity (Wildman–Crippen MR) is 197 cm³/mol. The number of nitrogens with zero attached hydrogens (tertiary/aromatic N) is 3. The number of likely N-dealkylation sites (tertiary alicyclic amines) is 1. The van der Waals surface area contributed by atoms with Gasteiger partial charge in [0, 0.05) is 24.9 Å². The summed E-state index contributed by atoms with van der Waals surface area (Å²) in [4.78, 5) is 103. The molecule has 15 nitrogen and oxygen atoms in total. The number of carbonyl (C=O) groups is 7. The standard InChI is InChI=1S/C39H53N7O8/c1-6-12-26(33(47)37(51)43-27(39(53)54)19-24-13-8-7-9-14-24)42-35(49)30-20-25-15-10-11-16-29(25)46(30)38(52)32(23(4)5)45-36(50)31(22(2)3)44-34(48)28-21-40-17-18-41-28/h7-9,13-14,17-18,21-23,25-27,29-32H,6,10-12,15-16,19-20H2,1-5H3,(H,42,49)(H,43,51)(H,44,48)(H,45,50)(H,53,54)/t25?,26?,27-,29?,30-,31?,32-/m0/s1. The average molecular weight is 748 g/mol. The Hall–Kier alpha value is -5.21. The highest BCUT2D eigenvalue weighted by Crippen LogP contribution is 2.40. The monoisotopic (exact) mass is 747 g/mol. The third kappa shape index (κ3) is 10.5. The Morgan fingerprint density at radius 2 is 1.54 bits per heavy atom. The number of benzene rings is 1. The van der Waals surface area contributed by atoms with Gasteiger partial charge < -0.3 is 31.3 Å². The van der Waals surface area contributed by atoms with Gasteiger partial charge >= 0.3 is 5.97 Å². The van der Waals surface area contributed by atoms with E-state index in [0.717, 1.165) is 19.3 Å². The van der Waals surface area contributed by atoms with Crippen LogP contribution in [0.25, 0.3) is 0 Å². The Kier molecular flexibility index (Phi) is 14.8. The highest BCUT2D eigenvalue weighted by Gasteiger charge is 2.50. The second-order valence-corrected chi connectivity index (χ2v) is 14.9. The van der Waals surface area contributed by atoms with E-state index in [-0.39, 0.29) is 36.4 Å². The molecule has 4 unspecified atom stereocenters. The van der Waals surface area contributed by atoms with E-state index in [1.165, 1.54) is 18.6 Å². The molecule has 2 aliphatic rings. The van der Waals surface area contributed by atoms with Gasteiger partial charge in [-0.2, -0.15) is 0 Å². The van der Waals surface area contributed by atoms with Crippen molar-refractivity contribution in [1.29, 1.82) is 0 Å². The molecule has 1 aromatic heterocycles. The molecular weight excluding hydrogens is 694 g/mol. The van der Waals surface area contributed by atoms with E-state index in [0.29, 0.717) is 24.8 Å². The van der Waals surface area contributed by atoms with Gasteiger partial charge in [-0.25, -0.2) is 9.78 Å². The maximum atomic E-state index is 14.6. The van der Waals surface area contributed by atoms with Crippen LogP contribution >= 0.6 is 0 Å². The molecule has 54 heavy (non-hydrogen) atoms. The van der Waals surface area contributed by atoms with Crippen molar-refractivity contribution in [3.63, 3.8) is 0 Å². The summed E-state index contributed by atoms with van der Waals surface area (Å²) in [6.45, 7) is 8.88. The van der Waals surface area contributed by atoms with Crippen LogP contribution in [-0.2, 0) is 35.2 Å². The van der Waals surface area contributed by atoms with Gasteiger partial charge in [0.15, 0.2) is 0 Å². The number of fused-ring (bicyclic) bond motifs is 1. The summed E-state index contributed by atoms with van der Waals surface area (Å²) in [7, 11) is 0. The van der Waals surface area contributed by atoms with Crippen LogP contribution in [0.2, 0.25) is 0 Å². The van der Waals surface area contributed by atoms with Crippen molar-refractivity contribution in [2.45, 2.75) is 122 Å². The summed E-state index contributed by atoms with van der Waals surface area (Å²) < 4.78 is 0. The minimum Gasteiger partial charge on any atom is -0.480 e. The van der Waals surface area contributed by atoms with Gasteiger partial charge in [0.1, 0.15) is 29.9 Å². The minimum atomic E-state index is -1.37. The SMILES string of the molecule is CCCC(NC(=O)[C@@H]1CC2CCCCC2N1C(=O)[C@@H](NC(=O)C(NC(=O)c1cnccn1)C(C)C)C(C)C)C(=O)C(=O)N[C@@H](Cc1ccccc1)C(=O)O. The van der Waals surface area contributed by atoms with Gasteiger partial charge in [0.25, 0.3) is 11.8 Å². The summed E-state index contributed by atoms with van der Waals surface area (Å²) in [5.41, 5.74) is 0.693. The molecule has 1 saturated carbocycles. The number of amides is 5. The highest BCUT2D eigenvalue weighted by molar-refractivity contribution is 6.38. The lowest BCUT2D eigenvalue weighted by Gasteiger charge is -2.37. The molecule has 1 aliphatic carbocycles. The van der Waals surface area contributed by atoms with E-state index in [1.54, 1.807) is 69.9 Å². The van der Waals surface area contributed by atoms with Crippen LogP contribution in [0.15, 0.2) is 48.9 Å². The van der Waals surface area contributed by atoms with Crippen LogP contribution in [0.3, 0.4) is 0 Å². The van der Waals surface area contributed by atoms with Gasteiger partial charge in [-0.05, 0) is 49.0 Å². The molecule has 2 aromatic rings. The number of nitrogens with one attached hydrogen (secondary N) is 4. The Labute approximate surface area is 315 Å². The first-order valence-electron chi connectivity index (χ1n) is 18.8. The van der Waals surface area contributed by atoms with Crippen LogP contribution in [0, 0.1) is 17.8 Å². The van der Waals surface area contributed by atoms with Crippen molar-refractivity contribution >= 4 is 41.3 Å². The van der Waals surface area contributed by atoms with Gasteiger partial charge in [-0.1, -0.05) is 84.2 Å². The molecule has 1 saturated heterocycles. The molecule has 2 heterocycles. The Balaban J connectivity index is 1.52. The number of rotatable bonds is 17. The Morgan fingerprint density at radius 1 is 0.852 bits per heavy atom. The maximum absolute atomic E-state index is 14.6. The van der Waals surface area contributed by atoms with E-state index in [1.807, 2.05) is 0 Å². The second-order valence-electron chi connectivity index (χ2n) is 14.9. The number of hydrogen-bond donors (Lipinski definition) is 5. The zero-order valence-electron chi connectivity index (χ0n) is 31.6. The smallest absolute Gasteiger partial charge is 0.326 e.